The van der Waals surface area contributed by atoms with Gasteiger partial charge in [-0.25, -0.2) is 0 Å². The third kappa shape index (κ3) is 5.32. The van der Waals surface area contributed by atoms with Crippen LogP contribution >= 0.6 is 24.0 Å². The lowest BCUT2D eigenvalue weighted by molar-refractivity contribution is -0.119. The largest absolute Gasteiger partial charge is 0.489 e. The molecular formula is C15H22Cl2N2O3. The Labute approximate surface area is 141 Å². The SMILES string of the molecule is CC(CN)C(=O)Nc1cc(Cl)ccc1OCC1CCCO1.Cl. The maximum absolute atomic E-state index is 12.0. The van der Waals surface area contributed by atoms with Gasteiger partial charge in [-0.15, -0.1) is 12.4 Å². The number of anilines is 1. The molecule has 1 aromatic carbocycles. The molecule has 0 spiro atoms. The number of hydrogen-bond acceptors (Lipinski definition) is 4. The maximum atomic E-state index is 12.0. The van der Waals surface area contributed by atoms with Gasteiger partial charge in [0.2, 0.25) is 5.91 Å². The van der Waals surface area contributed by atoms with Crippen molar-refractivity contribution in [3.8, 4) is 5.75 Å². The van der Waals surface area contributed by atoms with Gasteiger partial charge in [-0.2, -0.15) is 0 Å². The second-order valence-electron chi connectivity index (χ2n) is 5.21. The lowest BCUT2D eigenvalue weighted by Crippen LogP contribution is -2.27. The van der Waals surface area contributed by atoms with Gasteiger partial charge in [0.05, 0.1) is 11.8 Å². The van der Waals surface area contributed by atoms with Crippen LogP contribution in [0.25, 0.3) is 0 Å². The Bertz CT molecular complexity index is 494. The molecule has 0 aromatic heterocycles. The van der Waals surface area contributed by atoms with E-state index in [1.54, 1.807) is 25.1 Å². The number of amides is 1. The van der Waals surface area contributed by atoms with Crippen LogP contribution in [0.3, 0.4) is 0 Å². The fourth-order valence-corrected chi connectivity index (χ4v) is 2.22. The molecule has 5 nitrogen and oxygen atoms in total. The smallest absolute Gasteiger partial charge is 0.228 e. The number of nitrogens with two attached hydrogens (primary N) is 1. The molecule has 1 saturated heterocycles. The zero-order valence-electron chi connectivity index (χ0n) is 12.5. The fourth-order valence-electron chi connectivity index (χ4n) is 2.05. The van der Waals surface area contributed by atoms with Crippen molar-refractivity contribution in [1.29, 1.82) is 0 Å². The molecule has 0 bridgehead atoms. The minimum Gasteiger partial charge on any atom is -0.489 e. The zero-order chi connectivity index (χ0) is 15.2. The van der Waals surface area contributed by atoms with Crippen LogP contribution in [-0.4, -0.2) is 31.8 Å². The number of nitrogens with one attached hydrogen (secondary N) is 1. The van der Waals surface area contributed by atoms with E-state index in [-0.39, 0.29) is 30.3 Å². The molecule has 0 saturated carbocycles. The van der Waals surface area contributed by atoms with Gasteiger partial charge < -0.3 is 20.5 Å². The molecule has 1 heterocycles. The average molecular weight is 349 g/mol. The molecule has 22 heavy (non-hydrogen) atoms. The summed E-state index contributed by atoms with van der Waals surface area (Å²) in [5.74, 6) is 0.171. The minimum atomic E-state index is -0.269. The van der Waals surface area contributed by atoms with Crippen molar-refractivity contribution >= 4 is 35.6 Å². The summed E-state index contributed by atoms with van der Waals surface area (Å²) in [7, 11) is 0. The minimum absolute atomic E-state index is 0. The Hall–Kier alpha value is -1.01. The topological polar surface area (TPSA) is 73.6 Å². The highest BCUT2D eigenvalue weighted by Gasteiger charge is 2.18. The zero-order valence-corrected chi connectivity index (χ0v) is 14.1. The molecule has 1 fully saturated rings. The van der Waals surface area contributed by atoms with E-state index in [0.717, 1.165) is 19.4 Å². The van der Waals surface area contributed by atoms with E-state index in [9.17, 15) is 4.79 Å². The second-order valence-corrected chi connectivity index (χ2v) is 5.65. The van der Waals surface area contributed by atoms with Crippen molar-refractivity contribution in [2.75, 3.05) is 25.1 Å². The first-order valence-electron chi connectivity index (χ1n) is 7.15. The van der Waals surface area contributed by atoms with Crippen LogP contribution < -0.4 is 15.8 Å². The molecular weight excluding hydrogens is 327 g/mol. The van der Waals surface area contributed by atoms with Crippen LogP contribution in [0, 0.1) is 5.92 Å². The van der Waals surface area contributed by atoms with Crippen molar-refractivity contribution in [3.63, 3.8) is 0 Å². The van der Waals surface area contributed by atoms with Crippen molar-refractivity contribution in [2.45, 2.75) is 25.9 Å². The normalized spacial score (nSPS) is 18.4. The van der Waals surface area contributed by atoms with Gasteiger partial charge >= 0.3 is 0 Å². The first-order valence-corrected chi connectivity index (χ1v) is 7.53. The molecule has 1 amide bonds. The summed E-state index contributed by atoms with van der Waals surface area (Å²) < 4.78 is 11.3. The lowest BCUT2D eigenvalue weighted by atomic mass is 10.1. The highest BCUT2D eigenvalue weighted by atomic mass is 35.5. The third-order valence-corrected chi connectivity index (χ3v) is 3.68. The van der Waals surface area contributed by atoms with Crippen LogP contribution in [0.1, 0.15) is 19.8 Å². The molecule has 0 radical (unpaired) electrons. The highest BCUT2D eigenvalue weighted by molar-refractivity contribution is 6.31. The second kappa shape index (κ2) is 9.20. The van der Waals surface area contributed by atoms with E-state index in [2.05, 4.69) is 5.32 Å². The summed E-state index contributed by atoms with van der Waals surface area (Å²) in [5.41, 5.74) is 6.06. The van der Waals surface area contributed by atoms with E-state index in [1.165, 1.54) is 0 Å². The molecule has 2 unspecified atom stereocenters. The number of carbonyl (C=O) groups is 1. The Balaban J connectivity index is 0.00000242. The van der Waals surface area contributed by atoms with Crippen LogP contribution in [0.4, 0.5) is 5.69 Å². The number of rotatable bonds is 6. The maximum Gasteiger partial charge on any atom is 0.228 e. The number of halogens is 2. The fraction of sp³-hybridized carbons (Fsp3) is 0.533. The van der Waals surface area contributed by atoms with Crippen molar-refractivity contribution in [1.82, 2.24) is 0 Å². The van der Waals surface area contributed by atoms with Gasteiger partial charge in [0.25, 0.3) is 0 Å². The first-order chi connectivity index (χ1) is 10.1. The van der Waals surface area contributed by atoms with Crippen LogP contribution in [0.15, 0.2) is 18.2 Å². The quantitative estimate of drug-likeness (QED) is 0.828. The Morgan fingerprint density at radius 3 is 3.00 bits per heavy atom. The molecule has 1 aliphatic heterocycles. The highest BCUT2D eigenvalue weighted by Crippen LogP contribution is 2.29. The number of carbonyl (C=O) groups excluding carboxylic acids is 1. The number of benzene rings is 1. The third-order valence-electron chi connectivity index (χ3n) is 3.45. The standard InChI is InChI=1S/C15H21ClN2O3.ClH/c1-10(8-17)15(19)18-13-7-11(16)4-5-14(13)21-9-12-3-2-6-20-12;/h4-5,7,10,12H,2-3,6,8-9,17H2,1H3,(H,18,19);1H. The summed E-state index contributed by atoms with van der Waals surface area (Å²) in [6, 6.07) is 5.15. The van der Waals surface area contributed by atoms with E-state index in [1.807, 2.05) is 0 Å². The molecule has 1 aliphatic rings. The summed E-state index contributed by atoms with van der Waals surface area (Å²) in [6.45, 7) is 3.31. The Kier molecular flexibility index (Phi) is 7.96. The van der Waals surface area contributed by atoms with Crippen LogP contribution in [0.5, 0.6) is 5.75 Å². The van der Waals surface area contributed by atoms with Crippen molar-refractivity contribution in [3.05, 3.63) is 23.2 Å². The van der Waals surface area contributed by atoms with Gasteiger partial charge in [-0.1, -0.05) is 18.5 Å². The molecule has 2 atom stereocenters. The molecule has 0 aliphatic carbocycles. The van der Waals surface area contributed by atoms with Gasteiger partial charge in [0, 0.05) is 24.1 Å². The van der Waals surface area contributed by atoms with Crippen LogP contribution in [0.2, 0.25) is 5.02 Å². The lowest BCUT2D eigenvalue weighted by Gasteiger charge is -2.16. The van der Waals surface area contributed by atoms with Gasteiger partial charge in [0.1, 0.15) is 12.4 Å². The first kappa shape index (κ1) is 19.0. The number of hydrogen-bond donors (Lipinski definition) is 2. The van der Waals surface area contributed by atoms with E-state index in [4.69, 9.17) is 26.8 Å². The molecule has 1 aromatic rings. The van der Waals surface area contributed by atoms with Crippen LogP contribution in [-0.2, 0) is 9.53 Å². The number of ether oxygens (including phenoxy) is 2. The molecule has 2 rings (SSSR count). The van der Waals surface area contributed by atoms with Gasteiger partial charge in [0.15, 0.2) is 0 Å². The molecule has 7 heteroatoms. The van der Waals surface area contributed by atoms with Gasteiger partial charge in [-0.05, 0) is 31.0 Å². The Morgan fingerprint density at radius 1 is 1.59 bits per heavy atom. The molecule has 124 valence electrons. The average Bonchev–Trinajstić information content (AvgIpc) is 2.98. The van der Waals surface area contributed by atoms with E-state index in [0.29, 0.717) is 29.6 Å². The van der Waals surface area contributed by atoms with Crippen molar-refractivity contribution in [2.24, 2.45) is 11.7 Å². The summed E-state index contributed by atoms with van der Waals surface area (Å²) in [6.07, 6.45) is 2.18. The predicted molar refractivity (Wildman–Crippen MR) is 90.0 cm³/mol. The van der Waals surface area contributed by atoms with E-state index < -0.39 is 0 Å². The Morgan fingerprint density at radius 2 is 2.36 bits per heavy atom. The molecule has 3 N–H and O–H groups in total. The van der Waals surface area contributed by atoms with Gasteiger partial charge in [-0.3, -0.25) is 4.79 Å². The summed E-state index contributed by atoms with van der Waals surface area (Å²) in [4.78, 5) is 12.0. The summed E-state index contributed by atoms with van der Waals surface area (Å²) >= 11 is 5.98. The summed E-state index contributed by atoms with van der Waals surface area (Å²) in [5, 5.41) is 3.35. The van der Waals surface area contributed by atoms with E-state index >= 15 is 0 Å². The monoisotopic (exact) mass is 348 g/mol. The van der Waals surface area contributed by atoms with Crippen molar-refractivity contribution < 1.29 is 14.3 Å². The predicted octanol–water partition coefficient (Wildman–Crippen LogP) is 2.85.